The molecule has 2 amide bonds. The van der Waals surface area contributed by atoms with Gasteiger partial charge in [0.25, 0.3) is 11.8 Å². The van der Waals surface area contributed by atoms with Crippen molar-refractivity contribution in [1.29, 1.82) is 0 Å². The molecule has 0 fully saturated rings. The number of thioether (sulfide) groups is 1. The lowest BCUT2D eigenvalue weighted by molar-refractivity contribution is -0.113. The number of hydrogen-bond donors (Lipinski definition) is 2. The van der Waals surface area contributed by atoms with Crippen LogP contribution in [-0.2, 0) is 4.79 Å². The first-order valence-electron chi connectivity index (χ1n) is 12.9. The van der Waals surface area contributed by atoms with Gasteiger partial charge in [0.1, 0.15) is 22.9 Å². The minimum atomic E-state index is -0.521. The van der Waals surface area contributed by atoms with E-state index in [9.17, 15) is 14.4 Å². The van der Waals surface area contributed by atoms with E-state index in [1.807, 2.05) is 12.1 Å². The lowest BCUT2D eigenvalue weighted by Gasteiger charge is -2.13. The van der Waals surface area contributed by atoms with Crippen LogP contribution in [0.1, 0.15) is 26.3 Å². The maximum absolute atomic E-state index is 13.4. The summed E-state index contributed by atoms with van der Waals surface area (Å²) in [5.41, 5.74) is 2.13. The molecule has 0 spiro atoms. The third kappa shape index (κ3) is 8.02. The standard InChI is InChI=1S/C33H30N2O6S/c1-39-26-14-9-22(10-15-26)30(36)21-42-28-17-12-25(13-18-28)34-33(38)29(35-32(37)23-7-5-4-6-8-23)19-24-11-16-27(40-2)20-31(24)41-3/h4-20H,21H2,1-3H3,(H,34,38)(H,35,37)/b29-19-. The van der Waals surface area contributed by atoms with Crippen LogP contribution in [0.5, 0.6) is 17.2 Å². The Morgan fingerprint density at radius 3 is 2.05 bits per heavy atom. The van der Waals surface area contributed by atoms with Crippen LogP contribution in [0.3, 0.4) is 0 Å². The highest BCUT2D eigenvalue weighted by molar-refractivity contribution is 8.00. The van der Waals surface area contributed by atoms with E-state index in [-0.39, 0.29) is 17.2 Å². The fourth-order valence-corrected chi connectivity index (χ4v) is 4.67. The van der Waals surface area contributed by atoms with Gasteiger partial charge < -0.3 is 24.8 Å². The fourth-order valence-electron chi connectivity index (χ4n) is 3.88. The van der Waals surface area contributed by atoms with Crippen molar-refractivity contribution in [3.05, 3.63) is 119 Å². The summed E-state index contributed by atoms with van der Waals surface area (Å²) in [6, 6.07) is 27.9. The molecule has 0 aliphatic carbocycles. The molecule has 8 nitrogen and oxygen atoms in total. The van der Waals surface area contributed by atoms with E-state index in [1.165, 1.54) is 18.9 Å². The average Bonchev–Trinajstić information content (AvgIpc) is 3.04. The summed E-state index contributed by atoms with van der Waals surface area (Å²) in [5, 5.41) is 5.55. The second kappa shape index (κ2) is 14.6. The van der Waals surface area contributed by atoms with Gasteiger partial charge in [-0.1, -0.05) is 18.2 Å². The molecular weight excluding hydrogens is 552 g/mol. The number of hydrogen-bond acceptors (Lipinski definition) is 7. The molecule has 42 heavy (non-hydrogen) atoms. The van der Waals surface area contributed by atoms with Crippen molar-refractivity contribution in [2.45, 2.75) is 4.90 Å². The van der Waals surface area contributed by atoms with Crippen LogP contribution in [0.25, 0.3) is 6.08 Å². The molecule has 0 unspecified atom stereocenters. The summed E-state index contributed by atoms with van der Waals surface area (Å²) in [6.07, 6.45) is 1.55. The van der Waals surface area contributed by atoms with Crippen LogP contribution in [0.2, 0.25) is 0 Å². The molecule has 214 valence electrons. The number of ether oxygens (including phenoxy) is 3. The van der Waals surface area contributed by atoms with E-state index in [4.69, 9.17) is 14.2 Å². The zero-order valence-corrected chi connectivity index (χ0v) is 24.2. The maximum Gasteiger partial charge on any atom is 0.272 e. The summed E-state index contributed by atoms with van der Waals surface area (Å²) in [4.78, 5) is 39.8. The van der Waals surface area contributed by atoms with E-state index < -0.39 is 11.8 Å². The van der Waals surface area contributed by atoms with Crippen molar-refractivity contribution < 1.29 is 28.6 Å². The van der Waals surface area contributed by atoms with Crippen LogP contribution in [0.4, 0.5) is 5.69 Å². The number of amides is 2. The Kier molecular flexibility index (Phi) is 10.4. The highest BCUT2D eigenvalue weighted by Crippen LogP contribution is 2.27. The van der Waals surface area contributed by atoms with Gasteiger partial charge in [-0.25, -0.2) is 0 Å². The fraction of sp³-hybridized carbons (Fsp3) is 0.121. The van der Waals surface area contributed by atoms with Crippen molar-refractivity contribution in [2.24, 2.45) is 0 Å². The molecule has 0 heterocycles. The molecule has 0 radical (unpaired) electrons. The number of rotatable bonds is 12. The van der Waals surface area contributed by atoms with Gasteiger partial charge in [0, 0.05) is 33.3 Å². The van der Waals surface area contributed by atoms with Crippen LogP contribution in [-0.4, -0.2) is 44.7 Å². The van der Waals surface area contributed by atoms with Gasteiger partial charge in [-0.15, -0.1) is 11.8 Å². The minimum absolute atomic E-state index is 0.00192. The first-order valence-corrected chi connectivity index (χ1v) is 13.9. The molecule has 4 aromatic rings. The molecule has 0 aliphatic heterocycles. The van der Waals surface area contributed by atoms with E-state index in [2.05, 4.69) is 10.6 Å². The lowest BCUT2D eigenvalue weighted by atomic mass is 10.1. The highest BCUT2D eigenvalue weighted by atomic mass is 32.2. The van der Waals surface area contributed by atoms with E-state index >= 15 is 0 Å². The first-order chi connectivity index (χ1) is 20.4. The second-order valence-electron chi connectivity index (χ2n) is 8.90. The van der Waals surface area contributed by atoms with Crippen molar-refractivity contribution >= 4 is 41.1 Å². The van der Waals surface area contributed by atoms with Crippen LogP contribution in [0.15, 0.2) is 108 Å². The topological polar surface area (TPSA) is 103 Å². The number of carbonyl (C=O) groups excluding carboxylic acids is 3. The number of Topliss-reactive ketones (excluding diaryl/α,β-unsaturated/α-hetero) is 1. The number of methoxy groups -OCH3 is 3. The van der Waals surface area contributed by atoms with Crippen molar-refractivity contribution in [2.75, 3.05) is 32.4 Å². The number of anilines is 1. The largest absolute Gasteiger partial charge is 0.497 e. The van der Waals surface area contributed by atoms with Crippen molar-refractivity contribution in [3.8, 4) is 17.2 Å². The molecule has 0 aromatic heterocycles. The Labute approximate surface area is 248 Å². The monoisotopic (exact) mass is 582 g/mol. The predicted octanol–water partition coefficient (Wildman–Crippen LogP) is 6.10. The Morgan fingerprint density at radius 1 is 0.738 bits per heavy atom. The Hall–Kier alpha value is -5.02. The highest BCUT2D eigenvalue weighted by Gasteiger charge is 2.17. The maximum atomic E-state index is 13.4. The van der Waals surface area contributed by atoms with Crippen LogP contribution < -0.4 is 24.8 Å². The van der Waals surface area contributed by atoms with Gasteiger partial charge in [0.05, 0.1) is 27.1 Å². The SMILES string of the molecule is COc1ccc(C(=O)CSc2ccc(NC(=O)/C(=C/c3ccc(OC)cc3OC)NC(=O)c3ccccc3)cc2)cc1. The molecule has 2 N–H and O–H groups in total. The average molecular weight is 583 g/mol. The number of carbonyl (C=O) groups is 3. The Morgan fingerprint density at radius 2 is 1.40 bits per heavy atom. The van der Waals surface area contributed by atoms with Gasteiger partial charge in [-0.3, -0.25) is 14.4 Å². The Balaban J connectivity index is 1.48. The summed E-state index contributed by atoms with van der Waals surface area (Å²) in [5.74, 6) is 1.06. The molecular formula is C33H30N2O6S. The number of benzene rings is 4. The zero-order valence-electron chi connectivity index (χ0n) is 23.4. The van der Waals surface area contributed by atoms with Gasteiger partial charge in [-0.2, -0.15) is 0 Å². The van der Waals surface area contributed by atoms with E-state index in [0.717, 1.165) is 4.90 Å². The van der Waals surface area contributed by atoms with Gasteiger partial charge in [-0.05, 0) is 78.9 Å². The van der Waals surface area contributed by atoms with Crippen LogP contribution >= 0.6 is 11.8 Å². The van der Waals surface area contributed by atoms with Crippen molar-refractivity contribution in [1.82, 2.24) is 5.32 Å². The van der Waals surface area contributed by atoms with E-state index in [0.29, 0.717) is 39.6 Å². The molecule has 4 aromatic carbocycles. The smallest absolute Gasteiger partial charge is 0.272 e. The third-order valence-electron chi connectivity index (χ3n) is 6.16. The molecule has 0 bridgehead atoms. The summed E-state index contributed by atoms with van der Waals surface area (Å²) in [7, 11) is 4.64. The van der Waals surface area contributed by atoms with Gasteiger partial charge in [0.15, 0.2) is 5.78 Å². The Bertz CT molecular complexity index is 1570. The van der Waals surface area contributed by atoms with Crippen LogP contribution in [0, 0.1) is 0 Å². The number of ketones is 1. The van der Waals surface area contributed by atoms with Crippen molar-refractivity contribution in [3.63, 3.8) is 0 Å². The quantitative estimate of drug-likeness (QED) is 0.118. The lowest BCUT2D eigenvalue weighted by Crippen LogP contribution is -2.30. The third-order valence-corrected chi connectivity index (χ3v) is 7.18. The first kappa shape index (κ1) is 30.0. The zero-order chi connectivity index (χ0) is 29.9. The summed E-state index contributed by atoms with van der Waals surface area (Å²) >= 11 is 1.40. The summed E-state index contributed by atoms with van der Waals surface area (Å²) < 4.78 is 15.9. The number of nitrogens with one attached hydrogen (secondary N) is 2. The van der Waals surface area contributed by atoms with E-state index in [1.54, 1.807) is 105 Å². The summed E-state index contributed by atoms with van der Waals surface area (Å²) in [6.45, 7) is 0. The predicted molar refractivity (Wildman–Crippen MR) is 165 cm³/mol. The molecule has 0 atom stereocenters. The second-order valence-corrected chi connectivity index (χ2v) is 9.95. The normalized spacial score (nSPS) is 10.9. The molecule has 4 rings (SSSR count). The molecule has 0 aliphatic rings. The van der Waals surface area contributed by atoms with Gasteiger partial charge in [0.2, 0.25) is 0 Å². The molecule has 9 heteroatoms. The minimum Gasteiger partial charge on any atom is -0.497 e. The molecule has 0 saturated heterocycles. The van der Waals surface area contributed by atoms with Gasteiger partial charge >= 0.3 is 0 Å². The molecule has 0 saturated carbocycles.